The Balaban J connectivity index is 1.76. The van der Waals surface area contributed by atoms with Crippen molar-refractivity contribution in [3.05, 3.63) is 24.2 Å². The van der Waals surface area contributed by atoms with Crippen LogP contribution in [0.1, 0.15) is 103 Å². The molecule has 0 aliphatic heterocycles. The Bertz CT molecular complexity index is 474. The van der Waals surface area contributed by atoms with E-state index in [4.69, 9.17) is 16.6 Å². The highest BCUT2D eigenvalue weighted by Crippen LogP contribution is 2.12. The molecule has 0 fully saturated rings. The van der Waals surface area contributed by atoms with Gasteiger partial charge in [-0.15, -0.1) is 0 Å². The Morgan fingerprint density at radius 3 is 2.00 bits per heavy atom. The molecule has 0 atom stereocenters. The van der Waals surface area contributed by atoms with Crippen LogP contribution in [0.5, 0.6) is 0 Å². The molecule has 0 aliphatic carbocycles. The predicted molar refractivity (Wildman–Crippen MR) is 120 cm³/mol. The van der Waals surface area contributed by atoms with Crippen molar-refractivity contribution in [1.29, 1.82) is 0 Å². The van der Waals surface area contributed by atoms with Crippen molar-refractivity contribution in [1.82, 2.24) is 10.7 Å². The van der Waals surface area contributed by atoms with Crippen molar-refractivity contribution >= 4 is 23.5 Å². The summed E-state index contributed by atoms with van der Waals surface area (Å²) in [4.78, 5) is 0. The van der Waals surface area contributed by atoms with Crippen LogP contribution in [0.15, 0.2) is 27.9 Å². The summed E-state index contributed by atoms with van der Waals surface area (Å²) in [6.07, 6.45) is 22.5. The molecule has 2 N–H and O–H groups in total. The molecule has 5 heteroatoms. The van der Waals surface area contributed by atoms with Crippen LogP contribution >= 0.6 is 12.2 Å². The zero-order valence-corrected chi connectivity index (χ0v) is 18.0. The third-order valence-corrected chi connectivity index (χ3v) is 4.95. The SMILES string of the molecule is CCCCCCCCCCCCCCCCNC(=S)NN=Cc1ccco1. The molecule has 0 spiro atoms. The van der Waals surface area contributed by atoms with Crippen molar-refractivity contribution in [2.75, 3.05) is 6.54 Å². The Hall–Kier alpha value is -1.36. The highest BCUT2D eigenvalue weighted by Gasteiger charge is 1.96. The van der Waals surface area contributed by atoms with Crippen LogP contribution < -0.4 is 10.7 Å². The van der Waals surface area contributed by atoms with Crippen molar-refractivity contribution in [2.45, 2.75) is 96.8 Å². The first kappa shape index (κ1) is 23.7. The molecule has 0 aromatic carbocycles. The zero-order valence-electron chi connectivity index (χ0n) is 17.2. The van der Waals surface area contributed by atoms with Gasteiger partial charge in [0.2, 0.25) is 0 Å². The lowest BCUT2D eigenvalue weighted by molar-refractivity contribution is 0.535. The third kappa shape index (κ3) is 15.4. The maximum atomic E-state index is 5.18. The van der Waals surface area contributed by atoms with Crippen LogP contribution in [0.2, 0.25) is 0 Å². The van der Waals surface area contributed by atoms with E-state index in [2.05, 4.69) is 22.8 Å². The second-order valence-corrected chi connectivity index (χ2v) is 7.65. The molecule has 1 heterocycles. The molecule has 0 bridgehead atoms. The molecule has 0 unspecified atom stereocenters. The van der Waals surface area contributed by atoms with Crippen LogP contribution in [0.4, 0.5) is 0 Å². The summed E-state index contributed by atoms with van der Waals surface area (Å²) in [6.45, 7) is 3.18. The Morgan fingerprint density at radius 1 is 0.926 bits per heavy atom. The fourth-order valence-corrected chi connectivity index (χ4v) is 3.24. The number of nitrogens with zero attached hydrogens (tertiary/aromatic N) is 1. The topological polar surface area (TPSA) is 49.6 Å². The summed E-state index contributed by atoms with van der Waals surface area (Å²) >= 11 is 5.18. The molecule has 27 heavy (non-hydrogen) atoms. The van der Waals surface area contributed by atoms with E-state index in [1.807, 2.05) is 12.1 Å². The minimum Gasteiger partial charge on any atom is -0.463 e. The molecular weight excluding hydrogens is 354 g/mol. The van der Waals surface area contributed by atoms with Crippen molar-refractivity contribution in [3.63, 3.8) is 0 Å². The summed E-state index contributed by atoms with van der Waals surface area (Å²) in [5.74, 6) is 0.706. The molecule has 1 aromatic heterocycles. The first-order valence-electron chi connectivity index (χ1n) is 10.9. The predicted octanol–water partition coefficient (Wildman–Crippen LogP) is 6.56. The fourth-order valence-electron chi connectivity index (χ4n) is 3.08. The number of rotatable bonds is 17. The minimum atomic E-state index is 0.563. The summed E-state index contributed by atoms with van der Waals surface area (Å²) in [7, 11) is 0. The van der Waals surface area contributed by atoms with Gasteiger partial charge in [-0.1, -0.05) is 90.4 Å². The largest absolute Gasteiger partial charge is 0.463 e. The second kappa shape index (κ2) is 18.0. The lowest BCUT2D eigenvalue weighted by Gasteiger charge is -2.06. The number of hydrogen-bond acceptors (Lipinski definition) is 3. The van der Waals surface area contributed by atoms with Gasteiger partial charge in [0, 0.05) is 6.54 Å². The van der Waals surface area contributed by atoms with Gasteiger partial charge in [0.15, 0.2) is 5.11 Å². The maximum absolute atomic E-state index is 5.18. The average Bonchev–Trinajstić information content (AvgIpc) is 3.18. The van der Waals surface area contributed by atoms with Gasteiger partial charge in [-0.3, -0.25) is 5.43 Å². The Kier molecular flexibility index (Phi) is 15.8. The van der Waals surface area contributed by atoms with E-state index in [9.17, 15) is 0 Å². The standard InChI is InChI=1S/C22H39N3OS/c1-2-3-4-5-6-7-8-9-10-11-12-13-14-15-18-23-22(27)25-24-20-21-17-16-19-26-21/h16-17,19-20H,2-15,18H2,1H3,(H2,23,25,27). The summed E-state index contributed by atoms with van der Waals surface area (Å²) in [5.41, 5.74) is 2.80. The lowest BCUT2D eigenvalue weighted by atomic mass is 10.0. The van der Waals surface area contributed by atoms with Crippen molar-refractivity contribution < 1.29 is 4.42 Å². The van der Waals surface area contributed by atoms with Gasteiger partial charge < -0.3 is 9.73 Å². The fraction of sp³-hybridized carbons (Fsp3) is 0.727. The monoisotopic (exact) mass is 393 g/mol. The zero-order chi connectivity index (χ0) is 19.4. The second-order valence-electron chi connectivity index (χ2n) is 7.24. The van der Waals surface area contributed by atoms with Crippen molar-refractivity contribution in [3.8, 4) is 0 Å². The van der Waals surface area contributed by atoms with Gasteiger partial charge in [0.1, 0.15) is 5.76 Å². The smallest absolute Gasteiger partial charge is 0.186 e. The summed E-state index contributed by atoms with van der Waals surface area (Å²) in [5, 5.41) is 7.77. The molecule has 0 saturated heterocycles. The number of unbranched alkanes of at least 4 members (excludes halogenated alkanes) is 13. The molecule has 0 radical (unpaired) electrons. The van der Waals surface area contributed by atoms with Gasteiger partial charge in [-0.2, -0.15) is 5.10 Å². The number of hydrazone groups is 1. The average molecular weight is 394 g/mol. The number of furan rings is 1. The molecule has 154 valence electrons. The highest BCUT2D eigenvalue weighted by atomic mass is 32.1. The molecule has 0 saturated carbocycles. The highest BCUT2D eigenvalue weighted by molar-refractivity contribution is 7.80. The molecular formula is C22H39N3OS. The molecule has 4 nitrogen and oxygen atoms in total. The van der Waals surface area contributed by atoms with E-state index < -0.39 is 0 Å². The number of nitrogens with one attached hydrogen (secondary N) is 2. The molecule has 1 rings (SSSR count). The molecule has 0 amide bonds. The summed E-state index contributed by atoms with van der Waals surface area (Å²) in [6, 6.07) is 3.67. The lowest BCUT2D eigenvalue weighted by Crippen LogP contribution is -2.32. The van der Waals surface area contributed by atoms with Gasteiger partial charge in [-0.25, -0.2) is 0 Å². The van der Waals surface area contributed by atoms with E-state index in [0.29, 0.717) is 10.9 Å². The Morgan fingerprint density at radius 2 is 1.48 bits per heavy atom. The minimum absolute atomic E-state index is 0.563. The van der Waals surface area contributed by atoms with Gasteiger partial charge >= 0.3 is 0 Å². The third-order valence-electron chi connectivity index (χ3n) is 4.72. The van der Waals surface area contributed by atoms with Crippen LogP contribution in [0.3, 0.4) is 0 Å². The van der Waals surface area contributed by atoms with Crippen LogP contribution in [-0.2, 0) is 0 Å². The first-order valence-corrected chi connectivity index (χ1v) is 11.3. The van der Waals surface area contributed by atoms with Gasteiger partial charge in [-0.05, 0) is 30.8 Å². The first-order chi connectivity index (χ1) is 13.3. The van der Waals surface area contributed by atoms with E-state index in [-0.39, 0.29) is 0 Å². The molecule has 0 aliphatic rings. The summed E-state index contributed by atoms with van der Waals surface area (Å²) < 4.78 is 5.15. The number of hydrogen-bond donors (Lipinski definition) is 2. The van der Waals surface area contributed by atoms with E-state index in [1.54, 1.807) is 12.5 Å². The normalized spacial score (nSPS) is 11.1. The van der Waals surface area contributed by atoms with Gasteiger partial charge in [0.25, 0.3) is 0 Å². The van der Waals surface area contributed by atoms with E-state index >= 15 is 0 Å². The maximum Gasteiger partial charge on any atom is 0.186 e. The quantitative estimate of drug-likeness (QED) is 0.136. The Labute approximate surface area is 171 Å². The van der Waals surface area contributed by atoms with Crippen LogP contribution in [0.25, 0.3) is 0 Å². The van der Waals surface area contributed by atoms with Crippen molar-refractivity contribution in [2.24, 2.45) is 5.10 Å². The van der Waals surface area contributed by atoms with E-state index in [0.717, 1.165) is 13.0 Å². The van der Waals surface area contributed by atoms with Crippen LogP contribution in [-0.4, -0.2) is 17.9 Å². The molecule has 1 aromatic rings. The van der Waals surface area contributed by atoms with Crippen LogP contribution in [0, 0.1) is 0 Å². The van der Waals surface area contributed by atoms with Gasteiger partial charge in [0.05, 0.1) is 12.5 Å². The van der Waals surface area contributed by atoms with E-state index in [1.165, 1.54) is 83.5 Å². The number of thiocarbonyl (C=S) groups is 1.